The van der Waals surface area contributed by atoms with Crippen molar-refractivity contribution in [1.82, 2.24) is 20.2 Å². The topological polar surface area (TPSA) is 57.4 Å². The van der Waals surface area contributed by atoms with E-state index in [1.165, 1.54) is 12.3 Å². The minimum absolute atomic E-state index is 0.124. The Morgan fingerprint density at radius 1 is 1.44 bits per heavy atom. The van der Waals surface area contributed by atoms with E-state index in [-0.39, 0.29) is 17.9 Å². The monoisotopic (exact) mass is 253 g/mol. The zero-order valence-electron chi connectivity index (χ0n) is 10.8. The number of nitrogens with zero attached hydrogens (tertiary/aromatic N) is 3. The molecule has 0 aliphatic carbocycles. The summed E-state index contributed by atoms with van der Waals surface area (Å²) in [6.45, 7) is 2.90. The zero-order valence-corrected chi connectivity index (χ0v) is 10.8. The average molecular weight is 253 g/mol. The van der Waals surface area contributed by atoms with Crippen molar-refractivity contribution in [2.45, 2.75) is 12.1 Å². The van der Waals surface area contributed by atoms with E-state index in [9.17, 15) is 4.39 Å². The maximum atomic E-state index is 13.2. The fourth-order valence-corrected chi connectivity index (χ4v) is 2.43. The highest BCUT2D eigenvalue weighted by atomic mass is 19.1. The molecule has 2 heterocycles. The average Bonchev–Trinajstić information content (AvgIpc) is 2.35. The van der Waals surface area contributed by atoms with E-state index in [0.29, 0.717) is 0 Å². The summed E-state index contributed by atoms with van der Waals surface area (Å²) in [5, 5.41) is 0. The predicted octanol–water partition coefficient (Wildman–Crippen LogP) is -0.0291. The van der Waals surface area contributed by atoms with E-state index in [2.05, 4.69) is 34.3 Å². The van der Waals surface area contributed by atoms with Gasteiger partial charge in [-0.2, -0.15) is 0 Å². The summed E-state index contributed by atoms with van der Waals surface area (Å²) >= 11 is 0. The Labute approximate surface area is 107 Å². The van der Waals surface area contributed by atoms with Crippen molar-refractivity contribution < 1.29 is 4.39 Å². The van der Waals surface area contributed by atoms with Crippen LogP contribution in [0.1, 0.15) is 11.6 Å². The van der Waals surface area contributed by atoms with Crippen LogP contribution in [0.5, 0.6) is 0 Å². The molecule has 0 saturated carbocycles. The van der Waals surface area contributed by atoms with Gasteiger partial charge in [-0.25, -0.2) is 4.39 Å². The Bertz CT molecular complexity index is 400. The molecule has 2 unspecified atom stereocenters. The molecule has 3 N–H and O–H groups in total. The molecule has 1 aromatic heterocycles. The van der Waals surface area contributed by atoms with Crippen molar-refractivity contribution in [3.05, 3.63) is 29.8 Å². The number of likely N-dealkylation sites (N-methyl/N-ethyl adjacent to an activating group) is 2. The fourth-order valence-electron chi connectivity index (χ4n) is 2.43. The predicted molar refractivity (Wildman–Crippen MR) is 68.2 cm³/mol. The van der Waals surface area contributed by atoms with E-state index >= 15 is 0 Å². The molecule has 1 fully saturated rings. The largest absolute Gasteiger partial charge is 0.303 e. The van der Waals surface area contributed by atoms with Gasteiger partial charge in [0.25, 0.3) is 0 Å². The normalized spacial score (nSPS) is 24.1. The summed E-state index contributed by atoms with van der Waals surface area (Å²) in [5.74, 6) is 5.31. The van der Waals surface area contributed by atoms with Crippen LogP contribution < -0.4 is 11.3 Å². The second-order valence-electron chi connectivity index (χ2n) is 4.89. The molecule has 2 atom stereocenters. The van der Waals surface area contributed by atoms with Crippen LogP contribution in [-0.2, 0) is 0 Å². The number of aromatic nitrogens is 1. The standard InChI is InChI=1S/C12H20FN5/c1-17-3-4-18(2)11(8-17)12(16-14)9-5-10(13)7-15-6-9/h5-7,11-12,16H,3-4,8,14H2,1-2H3. The van der Waals surface area contributed by atoms with Gasteiger partial charge in [-0.3, -0.25) is 21.2 Å². The highest BCUT2D eigenvalue weighted by Gasteiger charge is 2.30. The molecule has 0 spiro atoms. The van der Waals surface area contributed by atoms with Gasteiger partial charge < -0.3 is 4.90 Å². The Morgan fingerprint density at radius 3 is 2.89 bits per heavy atom. The first-order valence-corrected chi connectivity index (χ1v) is 6.07. The number of hydrazine groups is 1. The van der Waals surface area contributed by atoms with Crippen LogP contribution >= 0.6 is 0 Å². The van der Waals surface area contributed by atoms with Crippen LogP contribution in [0.2, 0.25) is 0 Å². The van der Waals surface area contributed by atoms with Crippen molar-refractivity contribution in [3.63, 3.8) is 0 Å². The van der Waals surface area contributed by atoms with Gasteiger partial charge in [0.15, 0.2) is 0 Å². The molecule has 0 bridgehead atoms. The number of nitrogens with two attached hydrogens (primary N) is 1. The van der Waals surface area contributed by atoms with Gasteiger partial charge >= 0.3 is 0 Å². The fraction of sp³-hybridized carbons (Fsp3) is 0.583. The molecular weight excluding hydrogens is 233 g/mol. The number of nitrogens with one attached hydrogen (secondary N) is 1. The summed E-state index contributed by atoms with van der Waals surface area (Å²) in [6.07, 6.45) is 2.86. The van der Waals surface area contributed by atoms with Crippen LogP contribution in [0, 0.1) is 5.82 Å². The Morgan fingerprint density at radius 2 is 2.22 bits per heavy atom. The summed E-state index contributed by atoms with van der Waals surface area (Å²) in [6, 6.07) is 1.57. The number of piperazine rings is 1. The van der Waals surface area contributed by atoms with E-state index < -0.39 is 0 Å². The smallest absolute Gasteiger partial charge is 0.141 e. The van der Waals surface area contributed by atoms with E-state index in [0.717, 1.165) is 25.2 Å². The van der Waals surface area contributed by atoms with Gasteiger partial charge in [-0.05, 0) is 25.7 Å². The van der Waals surface area contributed by atoms with Crippen molar-refractivity contribution in [2.24, 2.45) is 5.84 Å². The first kappa shape index (κ1) is 13.4. The van der Waals surface area contributed by atoms with Crippen molar-refractivity contribution in [3.8, 4) is 0 Å². The van der Waals surface area contributed by atoms with Gasteiger partial charge in [-0.1, -0.05) is 0 Å². The van der Waals surface area contributed by atoms with Gasteiger partial charge in [0, 0.05) is 31.9 Å². The van der Waals surface area contributed by atoms with Gasteiger partial charge in [-0.15, -0.1) is 0 Å². The van der Waals surface area contributed by atoms with E-state index in [1.807, 2.05) is 0 Å². The van der Waals surface area contributed by atoms with Crippen LogP contribution in [0.15, 0.2) is 18.5 Å². The molecule has 0 aromatic carbocycles. The molecule has 1 saturated heterocycles. The lowest BCUT2D eigenvalue weighted by Gasteiger charge is -2.41. The quantitative estimate of drug-likeness (QED) is 0.585. The molecule has 0 amide bonds. The SMILES string of the molecule is CN1CCN(C)C(C(NN)c2cncc(F)c2)C1. The highest BCUT2D eigenvalue weighted by Crippen LogP contribution is 2.22. The van der Waals surface area contributed by atoms with Gasteiger partial charge in [0.1, 0.15) is 5.82 Å². The molecule has 1 aliphatic heterocycles. The third kappa shape index (κ3) is 2.84. The van der Waals surface area contributed by atoms with E-state index in [4.69, 9.17) is 5.84 Å². The molecule has 0 radical (unpaired) electrons. The van der Waals surface area contributed by atoms with E-state index in [1.54, 1.807) is 6.20 Å². The third-order valence-corrected chi connectivity index (χ3v) is 3.55. The second kappa shape index (κ2) is 5.71. The van der Waals surface area contributed by atoms with Gasteiger partial charge in [0.2, 0.25) is 0 Å². The molecule has 1 aliphatic rings. The Kier molecular flexibility index (Phi) is 4.23. The van der Waals surface area contributed by atoms with Crippen LogP contribution in [0.4, 0.5) is 4.39 Å². The lowest BCUT2D eigenvalue weighted by Crippen LogP contribution is -2.56. The Hall–Kier alpha value is -1.08. The first-order chi connectivity index (χ1) is 8.61. The lowest BCUT2D eigenvalue weighted by molar-refractivity contribution is 0.0875. The highest BCUT2D eigenvalue weighted by molar-refractivity contribution is 5.17. The van der Waals surface area contributed by atoms with Crippen LogP contribution in [0.3, 0.4) is 0 Å². The summed E-state index contributed by atoms with van der Waals surface area (Å²) in [7, 11) is 4.14. The number of halogens is 1. The summed E-state index contributed by atoms with van der Waals surface area (Å²) < 4.78 is 13.2. The van der Waals surface area contributed by atoms with Crippen molar-refractivity contribution >= 4 is 0 Å². The van der Waals surface area contributed by atoms with Crippen LogP contribution in [0.25, 0.3) is 0 Å². The molecule has 18 heavy (non-hydrogen) atoms. The zero-order chi connectivity index (χ0) is 13.1. The number of pyridine rings is 1. The maximum absolute atomic E-state index is 13.2. The summed E-state index contributed by atoms with van der Waals surface area (Å²) in [5.41, 5.74) is 3.57. The minimum atomic E-state index is -0.334. The molecular formula is C12H20FN5. The molecule has 5 nitrogen and oxygen atoms in total. The molecule has 100 valence electrons. The second-order valence-corrected chi connectivity index (χ2v) is 4.89. The number of hydrogen-bond acceptors (Lipinski definition) is 5. The number of hydrogen-bond donors (Lipinski definition) is 2. The summed E-state index contributed by atoms with van der Waals surface area (Å²) in [4.78, 5) is 8.39. The van der Waals surface area contributed by atoms with Crippen LogP contribution in [-0.4, -0.2) is 54.6 Å². The lowest BCUT2D eigenvalue weighted by atomic mass is 9.98. The maximum Gasteiger partial charge on any atom is 0.141 e. The molecule has 6 heteroatoms. The minimum Gasteiger partial charge on any atom is -0.303 e. The van der Waals surface area contributed by atoms with Gasteiger partial charge in [0.05, 0.1) is 12.2 Å². The number of rotatable bonds is 3. The molecule has 1 aromatic rings. The Balaban J connectivity index is 2.21. The first-order valence-electron chi connectivity index (χ1n) is 6.07. The van der Waals surface area contributed by atoms with Crippen molar-refractivity contribution in [2.75, 3.05) is 33.7 Å². The van der Waals surface area contributed by atoms with Crippen molar-refractivity contribution in [1.29, 1.82) is 0 Å². The third-order valence-electron chi connectivity index (χ3n) is 3.55. The molecule has 2 rings (SSSR count).